The van der Waals surface area contributed by atoms with Crippen molar-refractivity contribution >= 4 is 21.8 Å². The van der Waals surface area contributed by atoms with Crippen LogP contribution in [0.4, 0.5) is 0 Å². The Morgan fingerprint density at radius 3 is 2.65 bits per heavy atom. The molecule has 0 unspecified atom stereocenters. The fourth-order valence-electron chi connectivity index (χ4n) is 2.47. The van der Waals surface area contributed by atoms with Gasteiger partial charge in [0.05, 0.1) is 0 Å². The average Bonchev–Trinajstić information content (AvgIpc) is 2.84. The zero-order chi connectivity index (χ0) is 12.4. The molecule has 1 aromatic carbocycles. The molecule has 0 aliphatic heterocycles. The predicted molar refractivity (Wildman–Crippen MR) is 73.2 cm³/mol. The summed E-state index contributed by atoms with van der Waals surface area (Å²) in [6.45, 7) is 1.99. The van der Waals surface area contributed by atoms with Crippen LogP contribution < -0.4 is 0 Å². The minimum Gasteiger partial charge on any atom is -0.339 e. The fourth-order valence-corrected chi connectivity index (χ4v) is 2.83. The van der Waals surface area contributed by atoms with Gasteiger partial charge >= 0.3 is 0 Å². The first-order chi connectivity index (χ1) is 8.09. The van der Waals surface area contributed by atoms with E-state index >= 15 is 0 Å². The molecule has 17 heavy (non-hydrogen) atoms. The van der Waals surface area contributed by atoms with Crippen molar-refractivity contribution in [1.29, 1.82) is 0 Å². The zero-order valence-electron chi connectivity index (χ0n) is 10.4. The van der Waals surface area contributed by atoms with E-state index in [1.54, 1.807) is 0 Å². The second-order valence-corrected chi connectivity index (χ2v) is 5.73. The Morgan fingerprint density at radius 1 is 1.35 bits per heavy atom. The van der Waals surface area contributed by atoms with Crippen molar-refractivity contribution in [3.8, 4) is 0 Å². The number of hydrogen-bond acceptors (Lipinski definition) is 1. The van der Waals surface area contributed by atoms with Gasteiger partial charge in [0.2, 0.25) is 0 Å². The third kappa shape index (κ3) is 2.71. The molecule has 1 aliphatic carbocycles. The summed E-state index contributed by atoms with van der Waals surface area (Å²) in [6, 6.07) is 6.31. The van der Waals surface area contributed by atoms with Crippen molar-refractivity contribution in [3.05, 3.63) is 33.8 Å². The third-order valence-corrected chi connectivity index (χ3v) is 4.12. The van der Waals surface area contributed by atoms with Crippen LogP contribution in [0.1, 0.15) is 41.6 Å². The number of amides is 1. The summed E-state index contributed by atoms with van der Waals surface area (Å²) in [6.07, 6.45) is 4.80. The molecular weight excluding hydrogens is 278 g/mol. The van der Waals surface area contributed by atoms with Crippen molar-refractivity contribution < 1.29 is 4.79 Å². The van der Waals surface area contributed by atoms with E-state index in [-0.39, 0.29) is 5.91 Å². The quantitative estimate of drug-likeness (QED) is 0.813. The molecule has 0 N–H and O–H groups in total. The molecule has 0 radical (unpaired) electrons. The first-order valence-corrected chi connectivity index (χ1v) is 6.92. The molecule has 1 amide bonds. The van der Waals surface area contributed by atoms with Crippen LogP contribution in [0.2, 0.25) is 0 Å². The Bertz CT molecular complexity index is 424. The maximum absolute atomic E-state index is 12.4. The lowest BCUT2D eigenvalue weighted by atomic mass is 10.1. The molecule has 0 saturated heterocycles. The number of nitrogens with zero attached hydrogens (tertiary/aromatic N) is 1. The smallest absolute Gasteiger partial charge is 0.254 e. The molecule has 2 rings (SSSR count). The van der Waals surface area contributed by atoms with Crippen LogP contribution in [-0.4, -0.2) is 23.9 Å². The number of hydrogen-bond donors (Lipinski definition) is 0. The van der Waals surface area contributed by atoms with Crippen molar-refractivity contribution in [2.75, 3.05) is 7.05 Å². The summed E-state index contributed by atoms with van der Waals surface area (Å²) in [5.74, 6) is 0.149. The van der Waals surface area contributed by atoms with Crippen LogP contribution in [-0.2, 0) is 0 Å². The van der Waals surface area contributed by atoms with E-state index in [1.165, 1.54) is 12.8 Å². The topological polar surface area (TPSA) is 20.3 Å². The van der Waals surface area contributed by atoms with Gasteiger partial charge in [0.25, 0.3) is 5.91 Å². The number of benzene rings is 1. The van der Waals surface area contributed by atoms with E-state index < -0.39 is 0 Å². The lowest BCUT2D eigenvalue weighted by Crippen LogP contribution is -2.35. The van der Waals surface area contributed by atoms with Gasteiger partial charge in [0, 0.05) is 23.1 Å². The SMILES string of the molecule is Cc1ccc(Br)cc1C(=O)N(C)C1CCCC1. The number of rotatable bonds is 2. The molecule has 1 aliphatic rings. The monoisotopic (exact) mass is 295 g/mol. The molecule has 0 bridgehead atoms. The van der Waals surface area contributed by atoms with Crippen molar-refractivity contribution in [3.63, 3.8) is 0 Å². The second kappa shape index (κ2) is 5.21. The van der Waals surface area contributed by atoms with Gasteiger partial charge in [-0.15, -0.1) is 0 Å². The van der Waals surface area contributed by atoms with Crippen LogP contribution in [0.5, 0.6) is 0 Å². The fraction of sp³-hybridized carbons (Fsp3) is 0.500. The van der Waals surface area contributed by atoms with Crippen LogP contribution in [0, 0.1) is 6.92 Å². The van der Waals surface area contributed by atoms with E-state index in [2.05, 4.69) is 15.9 Å². The molecule has 2 nitrogen and oxygen atoms in total. The third-order valence-electron chi connectivity index (χ3n) is 3.62. The Hall–Kier alpha value is -0.830. The van der Waals surface area contributed by atoms with Gasteiger partial charge in [-0.2, -0.15) is 0 Å². The van der Waals surface area contributed by atoms with E-state index in [0.717, 1.165) is 28.4 Å². The summed E-state index contributed by atoms with van der Waals surface area (Å²) in [5, 5.41) is 0. The first-order valence-electron chi connectivity index (χ1n) is 6.13. The van der Waals surface area contributed by atoms with E-state index in [9.17, 15) is 4.79 Å². The molecule has 0 heterocycles. The van der Waals surface area contributed by atoms with Gasteiger partial charge in [-0.1, -0.05) is 34.8 Å². The normalized spacial score (nSPS) is 16.2. The summed E-state index contributed by atoms with van der Waals surface area (Å²) >= 11 is 3.43. The first kappa shape index (κ1) is 12.6. The maximum atomic E-state index is 12.4. The van der Waals surface area contributed by atoms with Gasteiger partial charge in [-0.25, -0.2) is 0 Å². The van der Waals surface area contributed by atoms with Crippen molar-refractivity contribution in [1.82, 2.24) is 4.90 Å². The molecule has 1 aromatic rings. The van der Waals surface area contributed by atoms with Gasteiger partial charge in [0.15, 0.2) is 0 Å². The van der Waals surface area contributed by atoms with E-state index in [4.69, 9.17) is 0 Å². The zero-order valence-corrected chi connectivity index (χ0v) is 12.0. The van der Waals surface area contributed by atoms with Crippen LogP contribution in [0.3, 0.4) is 0 Å². The van der Waals surface area contributed by atoms with Crippen LogP contribution in [0.15, 0.2) is 22.7 Å². The van der Waals surface area contributed by atoms with Crippen LogP contribution >= 0.6 is 15.9 Å². The Kier molecular flexibility index (Phi) is 3.87. The molecule has 92 valence electrons. The molecule has 0 spiro atoms. The minimum absolute atomic E-state index is 0.149. The van der Waals surface area contributed by atoms with E-state index in [1.807, 2.05) is 37.1 Å². The average molecular weight is 296 g/mol. The number of aryl methyl sites for hydroxylation is 1. The highest BCUT2D eigenvalue weighted by Gasteiger charge is 2.24. The summed E-state index contributed by atoms with van der Waals surface area (Å²) in [5.41, 5.74) is 1.86. The highest BCUT2D eigenvalue weighted by atomic mass is 79.9. The Morgan fingerprint density at radius 2 is 2.00 bits per heavy atom. The molecule has 1 fully saturated rings. The lowest BCUT2D eigenvalue weighted by Gasteiger charge is -2.25. The largest absolute Gasteiger partial charge is 0.339 e. The van der Waals surface area contributed by atoms with Crippen molar-refractivity contribution in [2.24, 2.45) is 0 Å². The summed E-state index contributed by atoms with van der Waals surface area (Å²) in [7, 11) is 1.93. The standard InChI is InChI=1S/C14H18BrNO/c1-10-7-8-11(15)9-13(10)14(17)16(2)12-5-3-4-6-12/h7-9,12H,3-6H2,1-2H3. The van der Waals surface area contributed by atoms with Gasteiger partial charge in [-0.05, 0) is 37.5 Å². The molecule has 3 heteroatoms. The lowest BCUT2D eigenvalue weighted by molar-refractivity contribution is 0.0734. The Balaban J connectivity index is 2.20. The number of carbonyl (C=O) groups is 1. The molecule has 0 aromatic heterocycles. The molecule has 0 atom stereocenters. The highest BCUT2D eigenvalue weighted by molar-refractivity contribution is 9.10. The van der Waals surface area contributed by atoms with Gasteiger partial charge < -0.3 is 4.90 Å². The van der Waals surface area contributed by atoms with Gasteiger partial charge in [-0.3, -0.25) is 4.79 Å². The summed E-state index contributed by atoms with van der Waals surface area (Å²) in [4.78, 5) is 14.3. The number of carbonyl (C=O) groups excluding carboxylic acids is 1. The maximum Gasteiger partial charge on any atom is 0.254 e. The predicted octanol–water partition coefficient (Wildman–Crippen LogP) is 3.77. The minimum atomic E-state index is 0.149. The van der Waals surface area contributed by atoms with E-state index in [0.29, 0.717) is 6.04 Å². The number of halogens is 1. The summed E-state index contributed by atoms with van der Waals surface area (Å²) < 4.78 is 0.964. The molecule has 1 saturated carbocycles. The molecular formula is C14H18BrNO. The Labute approximate surface area is 111 Å². The van der Waals surface area contributed by atoms with Crippen molar-refractivity contribution in [2.45, 2.75) is 38.6 Å². The van der Waals surface area contributed by atoms with Crippen LogP contribution in [0.25, 0.3) is 0 Å². The highest BCUT2D eigenvalue weighted by Crippen LogP contribution is 2.25. The second-order valence-electron chi connectivity index (χ2n) is 4.81. The van der Waals surface area contributed by atoms with Gasteiger partial charge in [0.1, 0.15) is 0 Å².